The number of allylic oxidation sites excluding steroid dienone is 2. The third-order valence-corrected chi connectivity index (χ3v) is 17.2. The van der Waals surface area contributed by atoms with Crippen molar-refractivity contribution < 1.29 is 79.0 Å². The van der Waals surface area contributed by atoms with Crippen LogP contribution in [0.3, 0.4) is 0 Å². The fourth-order valence-corrected chi connectivity index (χ4v) is 13.4. The number of carbonyl (C=O) groups excluding carboxylic acids is 1. The van der Waals surface area contributed by atoms with Crippen LogP contribution in [0.5, 0.6) is 0 Å². The van der Waals surface area contributed by atoms with Crippen LogP contribution in [0.1, 0.15) is 106 Å². The molecule has 0 aromatic rings. The lowest BCUT2D eigenvalue weighted by Gasteiger charge is -2.70. The first-order chi connectivity index (χ1) is 26.8. The predicted octanol–water partition coefficient (Wildman–Crippen LogP) is 2.25. The minimum absolute atomic E-state index is 0.0217. The summed E-state index contributed by atoms with van der Waals surface area (Å²) in [4.78, 5) is 51.3. The molecule has 2 aliphatic heterocycles. The summed E-state index contributed by atoms with van der Waals surface area (Å²) in [6, 6.07) is 0. The van der Waals surface area contributed by atoms with Gasteiger partial charge in [-0.2, -0.15) is 0 Å². The lowest BCUT2D eigenvalue weighted by molar-refractivity contribution is -0.371. The van der Waals surface area contributed by atoms with Crippen molar-refractivity contribution in [3.63, 3.8) is 0 Å². The number of carboxylic acids is 3. The number of aliphatic hydroxyl groups is 5. The van der Waals surface area contributed by atoms with Crippen molar-refractivity contribution in [2.24, 2.45) is 50.2 Å². The van der Waals surface area contributed by atoms with Crippen LogP contribution in [-0.2, 0) is 38.1 Å². The van der Waals surface area contributed by atoms with E-state index in [2.05, 4.69) is 27.7 Å². The Labute approximate surface area is 337 Å². The van der Waals surface area contributed by atoms with E-state index in [9.17, 15) is 60.0 Å². The second-order valence-corrected chi connectivity index (χ2v) is 20.6. The number of rotatable bonds is 7. The zero-order chi connectivity index (χ0) is 42.9. The van der Waals surface area contributed by atoms with Gasteiger partial charge in [-0.1, -0.05) is 47.1 Å². The first-order valence-corrected chi connectivity index (χ1v) is 20.7. The minimum atomic E-state index is -2.05. The highest BCUT2D eigenvalue weighted by Crippen LogP contribution is 2.75. The van der Waals surface area contributed by atoms with E-state index in [1.54, 1.807) is 0 Å². The van der Waals surface area contributed by atoms with E-state index in [-0.39, 0.29) is 34.4 Å². The first kappa shape index (κ1) is 43.5. The third-order valence-electron chi connectivity index (χ3n) is 17.2. The lowest BCUT2D eigenvalue weighted by atomic mass is 9.33. The molecule has 19 atom stereocenters. The monoisotopic (exact) mass is 822 g/mol. The standard InChI is InChI=1S/C42H62O16/c1-37(2)21-8-11-42(7)31(20(43)16-18-19-17-39(4,36(53)54)13-12-38(19,3)14-15-41(18,42)6)40(21,5)10-9-22(37)55-35-30(26(47)25(46)29(57-35)33(51)52)58-34-27(48)23(44)24(45)28(56-34)32(49)50/h16,19,21-31,34-35,44-48H,8-15,17H2,1-7H3,(H,49,50)(H,51,52)(H,53,54)/t19-,21?,22+,23+,24-,25+,26+,27-,28+,29+,30-,31+,34+,35-,38-,39+,40+,41-,42-/m1/s1. The van der Waals surface area contributed by atoms with Crippen molar-refractivity contribution in [2.75, 3.05) is 0 Å². The number of carbonyl (C=O) groups is 4. The van der Waals surface area contributed by atoms with E-state index in [1.165, 1.54) is 0 Å². The van der Waals surface area contributed by atoms with Gasteiger partial charge in [0.2, 0.25) is 0 Å². The van der Waals surface area contributed by atoms with E-state index < -0.39 is 107 Å². The quantitative estimate of drug-likeness (QED) is 0.171. The van der Waals surface area contributed by atoms with Gasteiger partial charge in [0.25, 0.3) is 0 Å². The number of hydrogen-bond donors (Lipinski definition) is 8. The van der Waals surface area contributed by atoms with E-state index in [0.717, 1.165) is 37.7 Å². The molecular formula is C42H62O16. The van der Waals surface area contributed by atoms with Crippen molar-refractivity contribution >= 4 is 23.7 Å². The molecule has 326 valence electrons. The highest BCUT2D eigenvalue weighted by Gasteiger charge is 2.71. The van der Waals surface area contributed by atoms with Gasteiger partial charge in [0.1, 0.15) is 36.6 Å². The van der Waals surface area contributed by atoms with Gasteiger partial charge in [-0.05, 0) is 110 Å². The Morgan fingerprint density at radius 2 is 1.28 bits per heavy atom. The number of aliphatic hydroxyl groups excluding tert-OH is 5. The molecule has 0 aromatic heterocycles. The molecule has 0 radical (unpaired) electrons. The second-order valence-electron chi connectivity index (χ2n) is 20.6. The molecule has 7 aliphatic rings. The summed E-state index contributed by atoms with van der Waals surface area (Å²) in [5, 5.41) is 83.0. The molecule has 2 saturated heterocycles. The number of ether oxygens (including phenoxy) is 4. The third kappa shape index (κ3) is 6.25. The van der Waals surface area contributed by atoms with Crippen LogP contribution in [0.4, 0.5) is 0 Å². The SMILES string of the molecule is CC1(C)C2CC[C@]3(C)[C@@H](C(=O)C=C4[C@H]5C[C@@](C)(C(=O)O)CC[C@]5(C)CC[C@]43C)[C@@]2(C)CC[C@@H]1O[C@@H]1O[C@H](C(=O)O)[C@@H](O)[C@H](O)[C@H]1O[C@@H]1O[C@H](C(=O)O)[C@H](O)[C@H](O)[C@H]1O. The molecule has 16 nitrogen and oxygen atoms in total. The van der Waals surface area contributed by atoms with E-state index in [4.69, 9.17) is 18.9 Å². The number of carboxylic acid groups (broad SMARTS) is 3. The Balaban J connectivity index is 1.17. The molecule has 1 unspecified atom stereocenters. The summed E-state index contributed by atoms with van der Waals surface area (Å²) in [5.41, 5.74) is -1.81. The number of fused-ring (bicyclic) bond motifs is 7. The Hall–Kier alpha value is -2.54. The van der Waals surface area contributed by atoms with Crippen LogP contribution in [-0.4, -0.2) is 132 Å². The van der Waals surface area contributed by atoms with Crippen molar-refractivity contribution in [1.29, 1.82) is 0 Å². The van der Waals surface area contributed by atoms with Crippen molar-refractivity contribution in [3.8, 4) is 0 Å². The summed E-state index contributed by atoms with van der Waals surface area (Å²) in [6.07, 6.45) is -12.2. The number of aliphatic carboxylic acids is 3. The molecule has 0 spiro atoms. The summed E-state index contributed by atoms with van der Waals surface area (Å²) < 4.78 is 23.4. The largest absolute Gasteiger partial charge is 0.481 e. The summed E-state index contributed by atoms with van der Waals surface area (Å²) in [5.74, 6) is -4.47. The molecule has 4 saturated carbocycles. The Morgan fingerprint density at radius 3 is 1.88 bits per heavy atom. The molecule has 58 heavy (non-hydrogen) atoms. The van der Waals surface area contributed by atoms with Crippen molar-refractivity contribution in [3.05, 3.63) is 11.6 Å². The van der Waals surface area contributed by atoms with Crippen LogP contribution in [0, 0.1) is 50.2 Å². The van der Waals surface area contributed by atoms with Crippen LogP contribution in [0.25, 0.3) is 0 Å². The summed E-state index contributed by atoms with van der Waals surface area (Å²) >= 11 is 0. The summed E-state index contributed by atoms with van der Waals surface area (Å²) in [7, 11) is 0. The van der Waals surface area contributed by atoms with Crippen LogP contribution in [0.2, 0.25) is 0 Å². The molecule has 5 aliphatic carbocycles. The zero-order valence-electron chi connectivity index (χ0n) is 34.4. The van der Waals surface area contributed by atoms with Crippen LogP contribution in [0.15, 0.2) is 11.6 Å². The fourth-order valence-electron chi connectivity index (χ4n) is 13.4. The highest BCUT2D eigenvalue weighted by atomic mass is 16.8. The number of hydrogen-bond acceptors (Lipinski definition) is 13. The molecule has 16 heteroatoms. The second kappa shape index (κ2) is 14.3. The number of ketones is 1. The molecule has 0 amide bonds. The molecular weight excluding hydrogens is 760 g/mol. The van der Waals surface area contributed by atoms with E-state index in [1.807, 2.05) is 26.8 Å². The Bertz CT molecular complexity index is 1730. The maximum atomic E-state index is 14.8. The molecule has 7 rings (SSSR count). The van der Waals surface area contributed by atoms with Gasteiger partial charge in [-0.15, -0.1) is 0 Å². The average Bonchev–Trinajstić information content (AvgIpc) is 3.13. The Morgan fingerprint density at radius 1 is 0.690 bits per heavy atom. The van der Waals surface area contributed by atoms with E-state index in [0.29, 0.717) is 25.7 Å². The lowest BCUT2D eigenvalue weighted by Crippen LogP contribution is -2.68. The Kier molecular flexibility index (Phi) is 10.7. The van der Waals surface area contributed by atoms with Gasteiger partial charge in [0, 0.05) is 5.92 Å². The van der Waals surface area contributed by atoms with Crippen LogP contribution < -0.4 is 0 Å². The highest BCUT2D eigenvalue weighted by molar-refractivity contribution is 5.95. The maximum Gasteiger partial charge on any atom is 0.335 e. The van der Waals surface area contributed by atoms with Crippen molar-refractivity contribution in [2.45, 2.75) is 174 Å². The summed E-state index contributed by atoms with van der Waals surface area (Å²) in [6.45, 7) is 14.8. The van der Waals surface area contributed by atoms with Crippen LogP contribution >= 0.6 is 0 Å². The zero-order valence-corrected chi connectivity index (χ0v) is 34.4. The molecule has 2 heterocycles. The van der Waals surface area contributed by atoms with Gasteiger partial charge < -0.3 is 59.8 Å². The minimum Gasteiger partial charge on any atom is -0.481 e. The molecule has 0 bridgehead atoms. The molecule has 0 aromatic carbocycles. The molecule has 6 fully saturated rings. The van der Waals surface area contributed by atoms with Gasteiger partial charge in [-0.3, -0.25) is 9.59 Å². The van der Waals surface area contributed by atoms with Crippen molar-refractivity contribution in [1.82, 2.24) is 0 Å². The fraction of sp³-hybridized carbons (Fsp3) is 0.857. The smallest absolute Gasteiger partial charge is 0.335 e. The molecule has 8 N–H and O–H groups in total. The predicted molar refractivity (Wildman–Crippen MR) is 199 cm³/mol. The first-order valence-electron chi connectivity index (χ1n) is 20.7. The van der Waals surface area contributed by atoms with Gasteiger partial charge in [0.05, 0.1) is 11.5 Å². The van der Waals surface area contributed by atoms with Gasteiger partial charge in [0.15, 0.2) is 30.6 Å². The average molecular weight is 823 g/mol. The van der Waals surface area contributed by atoms with Gasteiger partial charge >= 0.3 is 17.9 Å². The van der Waals surface area contributed by atoms with E-state index >= 15 is 0 Å². The maximum absolute atomic E-state index is 14.8. The topological polar surface area (TPSA) is 267 Å². The van der Waals surface area contributed by atoms with Gasteiger partial charge in [-0.25, -0.2) is 9.59 Å². The normalized spacial score (nSPS) is 52.6.